The lowest BCUT2D eigenvalue weighted by atomic mass is 10.2. The molecular formula is C18H22N2O6S. The molecule has 8 nitrogen and oxygen atoms in total. The normalized spacial score (nSPS) is 15.0. The molecule has 1 aliphatic heterocycles. The van der Waals surface area contributed by atoms with E-state index in [1.165, 1.54) is 6.92 Å². The molecule has 1 aromatic carbocycles. The lowest BCUT2D eigenvalue weighted by Crippen LogP contribution is -2.41. The molecule has 1 fully saturated rings. The number of nitrogens with zero attached hydrogens (tertiary/aromatic N) is 1. The van der Waals surface area contributed by atoms with Crippen LogP contribution in [0, 0.1) is 0 Å². The van der Waals surface area contributed by atoms with Crippen molar-refractivity contribution in [3.05, 3.63) is 29.8 Å². The number of benzene rings is 1. The van der Waals surface area contributed by atoms with Crippen molar-refractivity contribution in [2.75, 3.05) is 18.8 Å². The Kier molecular flexibility index (Phi) is 7.23. The molecule has 1 aliphatic rings. The fourth-order valence-electron chi connectivity index (χ4n) is 2.26. The monoisotopic (exact) mass is 394 g/mol. The SMILES string of the molecule is CC(C)Oc1ccc(C(=O)O[C@@H](C)C(=O)NCCN2C(=O)CSC2=O)cc1. The van der Waals surface area contributed by atoms with Gasteiger partial charge in [-0.05, 0) is 45.0 Å². The average Bonchev–Trinajstić information content (AvgIpc) is 2.93. The summed E-state index contributed by atoms with van der Waals surface area (Å²) >= 11 is 0.935. The van der Waals surface area contributed by atoms with E-state index in [1.54, 1.807) is 24.3 Å². The van der Waals surface area contributed by atoms with Crippen molar-refractivity contribution in [2.24, 2.45) is 0 Å². The molecule has 0 saturated carbocycles. The molecule has 0 radical (unpaired) electrons. The first-order valence-electron chi connectivity index (χ1n) is 8.50. The van der Waals surface area contributed by atoms with E-state index in [2.05, 4.69) is 5.32 Å². The average molecular weight is 394 g/mol. The minimum absolute atomic E-state index is 0.0243. The minimum Gasteiger partial charge on any atom is -0.491 e. The largest absolute Gasteiger partial charge is 0.491 e. The van der Waals surface area contributed by atoms with Gasteiger partial charge in [0.05, 0.1) is 17.4 Å². The second kappa shape index (κ2) is 9.40. The van der Waals surface area contributed by atoms with Gasteiger partial charge in [0.15, 0.2) is 6.10 Å². The Morgan fingerprint density at radius 1 is 1.19 bits per heavy atom. The number of ether oxygens (including phenoxy) is 2. The highest BCUT2D eigenvalue weighted by Crippen LogP contribution is 2.18. The van der Waals surface area contributed by atoms with Crippen molar-refractivity contribution in [1.29, 1.82) is 0 Å². The van der Waals surface area contributed by atoms with E-state index in [-0.39, 0.29) is 36.1 Å². The second-order valence-corrected chi connectivity index (χ2v) is 7.06. The van der Waals surface area contributed by atoms with E-state index in [0.29, 0.717) is 11.3 Å². The number of hydrogen-bond donors (Lipinski definition) is 1. The number of amides is 3. The van der Waals surface area contributed by atoms with Crippen LogP contribution in [0.25, 0.3) is 0 Å². The number of nitrogens with one attached hydrogen (secondary N) is 1. The third kappa shape index (κ3) is 5.99. The van der Waals surface area contributed by atoms with Crippen molar-refractivity contribution >= 4 is 34.8 Å². The quantitative estimate of drug-likeness (QED) is 0.671. The first-order chi connectivity index (χ1) is 12.8. The van der Waals surface area contributed by atoms with Crippen molar-refractivity contribution in [2.45, 2.75) is 33.0 Å². The predicted molar refractivity (Wildman–Crippen MR) is 99.7 cm³/mol. The fraction of sp³-hybridized carbons (Fsp3) is 0.444. The molecule has 0 unspecified atom stereocenters. The Balaban J connectivity index is 1.78. The van der Waals surface area contributed by atoms with Crippen molar-refractivity contribution < 1.29 is 28.7 Å². The molecule has 1 saturated heterocycles. The summed E-state index contributed by atoms with van der Waals surface area (Å²) in [6, 6.07) is 6.44. The van der Waals surface area contributed by atoms with Crippen molar-refractivity contribution in [3.8, 4) is 5.75 Å². The van der Waals surface area contributed by atoms with Crippen LogP contribution in [0.4, 0.5) is 4.79 Å². The number of hydrogen-bond acceptors (Lipinski definition) is 7. The molecule has 1 heterocycles. The van der Waals surface area contributed by atoms with Crippen LogP contribution < -0.4 is 10.1 Å². The zero-order valence-electron chi connectivity index (χ0n) is 15.4. The zero-order valence-corrected chi connectivity index (χ0v) is 16.2. The number of esters is 1. The summed E-state index contributed by atoms with van der Waals surface area (Å²) in [6.07, 6.45) is -0.986. The number of thioether (sulfide) groups is 1. The Labute approximate surface area is 161 Å². The summed E-state index contributed by atoms with van der Waals surface area (Å²) in [4.78, 5) is 48.2. The van der Waals surface area contributed by atoms with Gasteiger partial charge in [-0.25, -0.2) is 4.79 Å². The van der Waals surface area contributed by atoms with E-state index in [9.17, 15) is 19.2 Å². The van der Waals surface area contributed by atoms with Crippen LogP contribution in [0.1, 0.15) is 31.1 Å². The fourth-order valence-corrected chi connectivity index (χ4v) is 3.01. The summed E-state index contributed by atoms with van der Waals surface area (Å²) in [7, 11) is 0. The summed E-state index contributed by atoms with van der Waals surface area (Å²) in [6.45, 7) is 5.44. The maximum atomic E-state index is 12.1. The lowest BCUT2D eigenvalue weighted by Gasteiger charge is -2.16. The number of carbonyl (C=O) groups is 4. The Morgan fingerprint density at radius 3 is 2.41 bits per heavy atom. The van der Waals surface area contributed by atoms with Gasteiger partial charge in [0, 0.05) is 13.1 Å². The molecule has 27 heavy (non-hydrogen) atoms. The highest BCUT2D eigenvalue weighted by Gasteiger charge is 2.29. The molecule has 0 bridgehead atoms. The van der Waals surface area contributed by atoms with E-state index < -0.39 is 18.0 Å². The minimum atomic E-state index is -1.01. The molecule has 0 aliphatic carbocycles. The molecule has 1 aromatic rings. The number of rotatable bonds is 8. The van der Waals surface area contributed by atoms with Gasteiger partial charge in [-0.2, -0.15) is 0 Å². The van der Waals surface area contributed by atoms with Crippen LogP contribution in [0.5, 0.6) is 5.75 Å². The van der Waals surface area contributed by atoms with E-state index in [4.69, 9.17) is 9.47 Å². The molecule has 2 rings (SSSR count). The van der Waals surface area contributed by atoms with Crippen LogP contribution >= 0.6 is 11.8 Å². The van der Waals surface area contributed by atoms with E-state index in [0.717, 1.165) is 16.7 Å². The molecule has 0 spiro atoms. The molecule has 1 N–H and O–H groups in total. The molecule has 146 valence electrons. The zero-order chi connectivity index (χ0) is 20.0. The molecule has 9 heteroatoms. The van der Waals surface area contributed by atoms with E-state index in [1.807, 2.05) is 13.8 Å². The van der Waals surface area contributed by atoms with E-state index >= 15 is 0 Å². The standard InChI is InChI=1S/C18H22N2O6S/c1-11(2)25-14-6-4-13(5-7-14)17(23)26-12(3)16(22)19-8-9-20-15(21)10-27-18(20)24/h4-7,11-12H,8-10H2,1-3H3,(H,19,22)/t12-/m0/s1. The molecular weight excluding hydrogens is 372 g/mol. The van der Waals surface area contributed by atoms with Gasteiger partial charge in [-0.3, -0.25) is 19.3 Å². The maximum absolute atomic E-state index is 12.1. The molecule has 1 atom stereocenters. The summed E-state index contributed by atoms with van der Waals surface area (Å²) in [5, 5.41) is 2.23. The first kappa shape index (κ1) is 20.8. The third-order valence-corrected chi connectivity index (χ3v) is 4.45. The van der Waals surface area contributed by atoms with Crippen LogP contribution in [0.2, 0.25) is 0 Å². The highest BCUT2D eigenvalue weighted by atomic mass is 32.2. The Morgan fingerprint density at radius 2 is 1.85 bits per heavy atom. The second-order valence-electron chi connectivity index (χ2n) is 6.13. The lowest BCUT2D eigenvalue weighted by molar-refractivity contribution is -0.130. The Bertz CT molecular complexity index is 703. The Hall–Kier alpha value is -2.55. The summed E-state index contributed by atoms with van der Waals surface area (Å²) < 4.78 is 10.6. The van der Waals surface area contributed by atoms with Crippen LogP contribution in [0.15, 0.2) is 24.3 Å². The van der Waals surface area contributed by atoms with Crippen LogP contribution in [-0.4, -0.2) is 59.0 Å². The summed E-state index contributed by atoms with van der Waals surface area (Å²) in [5.41, 5.74) is 0.302. The first-order valence-corrected chi connectivity index (χ1v) is 9.49. The molecule has 3 amide bonds. The third-order valence-electron chi connectivity index (χ3n) is 3.59. The van der Waals surface area contributed by atoms with Gasteiger partial charge in [0.2, 0.25) is 5.91 Å². The van der Waals surface area contributed by atoms with Crippen LogP contribution in [0.3, 0.4) is 0 Å². The number of carbonyl (C=O) groups excluding carboxylic acids is 4. The molecule has 0 aromatic heterocycles. The van der Waals surface area contributed by atoms with Gasteiger partial charge >= 0.3 is 5.97 Å². The van der Waals surface area contributed by atoms with Gasteiger partial charge in [0.25, 0.3) is 11.1 Å². The van der Waals surface area contributed by atoms with Gasteiger partial charge < -0.3 is 14.8 Å². The van der Waals surface area contributed by atoms with Gasteiger partial charge in [-0.15, -0.1) is 0 Å². The van der Waals surface area contributed by atoms with Crippen LogP contribution in [-0.2, 0) is 14.3 Å². The van der Waals surface area contributed by atoms with Crippen molar-refractivity contribution in [1.82, 2.24) is 10.2 Å². The maximum Gasteiger partial charge on any atom is 0.338 e. The smallest absolute Gasteiger partial charge is 0.338 e. The topological polar surface area (TPSA) is 102 Å². The van der Waals surface area contributed by atoms with Crippen molar-refractivity contribution in [3.63, 3.8) is 0 Å². The number of imide groups is 1. The predicted octanol–water partition coefficient (Wildman–Crippen LogP) is 1.83. The summed E-state index contributed by atoms with van der Waals surface area (Å²) in [5.74, 6) is -0.646. The highest BCUT2D eigenvalue weighted by molar-refractivity contribution is 8.14. The van der Waals surface area contributed by atoms with Gasteiger partial charge in [0.1, 0.15) is 5.75 Å². The van der Waals surface area contributed by atoms with Gasteiger partial charge in [-0.1, -0.05) is 11.8 Å².